The Morgan fingerprint density at radius 2 is 1.30 bits per heavy atom. The highest BCUT2D eigenvalue weighted by molar-refractivity contribution is 7.92. The monoisotopic (exact) mass is 574 g/mol. The number of methoxy groups -OCH3 is 6. The zero-order valence-corrected chi connectivity index (χ0v) is 23.7. The van der Waals surface area contributed by atoms with Crippen molar-refractivity contribution >= 4 is 33.3 Å². The summed E-state index contributed by atoms with van der Waals surface area (Å²) in [5, 5.41) is 2.59. The maximum atomic E-state index is 13.9. The van der Waals surface area contributed by atoms with Gasteiger partial charge in [0.25, 0.3) is 10.0 Å². The van der Waals surface area contributed by atoms with Gasteiger partial charge in [0.1, 0.15) is 12.3 Å². The molecule has 0 fully saturated rings. The lowest BCUT2D eigenvalue weighted by Crippen LogP contribution is -2.38. The van der Waals surface area contributed by atoms with E-state index in [-0.39, 0.29) is 39.1 Å². The van der Waals surface area contributed by atoms with Crippen LogP contribution >= 0.6 is 0 Å². The van der Waals surface area contributed by atoms with Crippen molar-refractivity contribution in [1.82, 2.24) is 0 Å². The van der Waals surface area contributed by atoms with Crippen LogP contribution in [0.4, 0.5) is 11.4 Å². The number of anilines is 2. The number of carbonyl (C=O) groups excluding carboxylic acids is 2. The molecule has 0 unspecified atom stereocenters. The Balaban J connectivity index is 2.05. The smallest absolute Gasteiger partial charge is 0.340 e. The number of benzene rings is 3. The van der Waals surface area contributed by atoms with Gasteiger partial charge in [-0.1, -0.05) is 0 Å². The molecule has 0 saturated carbocycles. The normalized spacial score (nSPS) is 10.8. The molecule has 40 heavy (non-hydrogen) atoms. The van der Waals surface area contributed by atoms with Gasteiger partial charge in [0, 0.05) is 18.2 Å². The van der Waals surface area contributed by atoms with Crippen molar-refractivity contribution in [3.05, 3.63) is 60.2 Å². The number of rotatable bonds is 12. The quantitative estimate of drug-likeness (QED) is 0.320. The molecule has 3 aromatic rings. The van der Waals surface area contributed by atoms with E-state index in [1.807, 2.05) is 0 Å². The number of esters is 1. The summed E-state index contributed by atoms with van der Waals surface area (Å²) in [6, 6.07) is 12.9. The molecule has 0 bridgehead atoms. The molecule has 1 N–H and O–H groups in total. The minimum atomic E-state index is -4.31. The first-order valence-electron chi connectivity index (χ1n) is 11.7. The fourth-order valence-electron chi connectivity index (χ4n) is 3.75. The van der Waals surface area contributed by atoms with Crippen molar-refractivity contribution in [1.29, 1.82) is 0 Å². The van der Waals surface area contributed by atoms with Crippen molar-refractivity contribution in [2.75, 3.05) is 58.8 Å². The summed E-state index contributed by atoms with van der Waals surface area (Å²) in [6.45, 7) is -0.655. The standard InChI is InChI=1S/C27H30N2O10S/c1-34-18-9-7-17(8-10-18)29(40(32,33)19-11-12-22(35-2)23(13-19)36-3)16-26(30)28-21-15-25(38-5)24(37-4)14-20(21)27(31)39-6/h7-15H,16H2,1-6H3,(H,28,30). The van der Waals surface area contributed by atoms with Crippen molar-refractivity contribution in [3.63, 3.8) is 0 Å². The SMILES string of the molecule is COC(=O)c1cc(OC)c(OC)cc1NC(=O)CN(c1ccc(OC)cc1)S(=O)(=O)c1ccc(OC)c(OC)c1. The summed E-state index contributed by atoms with van der Waals surface area (Å²) in [5.41, 5.74) is 0.200. The molecular weight excluding hydrogens is 544 g/mol. The number of hydrogen-bond acceptors (Lipinski definition) is 10. The van der Waals surface area contributed by atoms with E-state index in [0.717, 1.165) is 4.31 Å². The van der Waals surface area contributed by atoms with E-state index in [1.54, 1.807) is 12.1 Å². The van der Waals surface area contributed by atoms with Crippen molar-refractivity contribution in [2.45, 2.75) is 4.90 Å². The van der Waals surface area contributed by atoms with Crippen LogP contribution in [-0.2, 0) is 19.6 Å². The van der Waals surface area contributed by atoms with Crippen molar-refractivity contribution in [3.8, 4) is 28.7 Å². The maximum Gasteiger partial charge on any atom is 0.340 e. The van der Waals surface area contributed by atoms with Gasteiger partial charge < -0.3 is 33.7 Å². The van der Waals surface area contributed by atoms with Gasteiger partial charge in [-0.05, 0) is 36.4 Å². The van der Waals surface area contributed by atoms with Crippen LogP contribution in [0.2, 0.25) is 0 Å². The highest BCUT2D eigenvalue weighted by Gasteiger charge is 2.29. The molecule has 0 saturated heterocycles. The summed E-state index contributed by atoms with van der Waals surface area (Å²) in [5.74, 6) is -0.0230. The molecule has 0 radical (unpaired) electrons. The molecule has 0 spiro atoms. The zero-order chi connectivity index (χ0) is 29.4. The third-order valence-corrected chi connectivity index (χ3v) is 7.56. The van der Waals surface area contributed by atoms with E-state index < -0.39 is 28.4 Å². The zero-order valence-electron chi connectivity index (χ0n) is 22.8. The number of ether oxygens (including phenoxy) is 6. The topological polar surface area (TPSA) is 139 Å². The summed E-state index contributed by atoms with van der Waals surface area (Å²) in [7, 11) is 3.94. The lowest BCUT2D eigenvalue weighted by Gasteiger charge is -2.25. The summed E-state index contributed by atoms with van der Waals surface area (Å²) in [4.78, 5) is 25.6. The van der Waals surface area contributed by atoms with Gasteiger partial charge in [0.2, 0.25) is 5.91 Å². The van der Waals surface area contributed by atoms with Crippen LogP contribution in [0.25, 0.3) is 0 Å². The fourth-order valence-corrected chi connectivity index (χ4v) is 5.19. The molecule has 3 rings (SSSR count). The molecule has 1 amide bonds. The summed E-state index contributed by atoms with van der Waals surface area (Å²) in [6.07, 6.45) is 0. The van der Waals surface area contributed by atoms with Crippen molar-refractivity contribution < 1.29 is 46.4 Å². The van der Waals surface area contributed by atoms with E-state index in [4.69, 9.17) is 28.4 Å². The Labute approximate surface area is 232 Å². The second-order valence-electron chi connectivity index (χ2n) is 8.02. The Hall–Kier alpha value is -4.65. The predicted molar refractivity (Wildman–Crippen MR) is 147 cm³/mol. The van der Waals surface area contributed by atoms with Crippen LogP contribution in [0.1, 0.15) is 10.4 Å². The largest absolute Gasteiger partial charge is 0.497 e. The lowest BCUT2D eigenvalue weighted by molar-refractivity contribution is -0.114. The lowest BCUT2D eigenvalue weighted by atomic mass is 10.1. The molecule has 12 nitrogen and oxygen atoms in total. The summed E-state index contributed by atoms with van der Waals surface area (Å²) < 4.78 is 59.6. The minimum absolute atomic E-state index is 0.0211. The molecule has 0 aromatic heterocycles. The first-order chi connectivity index (χ1) is 19.1. The van der Waals surface area contributed by atoms with E-state index in [1.165, 1.54) is 85.1 Å². The average molecular weight is 575 g/mol. The molecule has 0 aliphatic carbocycles. The fraction of sp³-hybridized carbons (Fsp3) is 0.259. The van der Waals surface area contributed by atoms with Gasteiger partial charge in [-0.3, -0.25) is 9.10 Å². The van der Waals surface area contributed by atoms with E-state index in [9.17, 15) is 18.0 Å². The molecule has 0 aliphatic heterocycles. The molecule has 13 heteroatoms. The van der Waals surface area contributed by atoms with Gasteiger partial charge >= 0.3 is 5.97 Å². The average Bonchev–Trinajstić information content (AvgIpc) is 2.98. The number of nitrogens with one attached hydrogen (secondary N) is 1. The summed E-state index contributed by atoms with van der Waals surface area (Å²) >= 11 is 0. The third kappa shape index (κ3) is 6.31. The third-order valence-electron chi connectivity index (χ3n) is 5.79. The Kier molecular flexibility index (Phi) is 9.67. The maximum absolute atomic E-state index is 13.9. The number of hydrogen-bond donors (Lipinski definition) is 1. The highest BCUT2D eigenvalue weighted by atomic mass is 32.2. The molecule has 0 atom stereocenters. The molecule has 3 aromatic carbocycles. The van der Waals surface area contributed by atoms with Gasteiger partial charge in [-0.2, -0.15) is 0 Å². The predicted octanol–water partition coefficient (Wildman–Crippen LogP) is 3.35. The second kappa shape index (κ2) is 12.9. The Morgan fingerprint density at radius 3 is 1.85 bits per heavy atom. The van der Waals surface area contributed by atoms with Gasteiger partial charge in [-0.25, -0.2) is 13.2 Å². The highest BCUT2D eigenvalue weighted by Crippen LogP contribution is 2.35. The van der Waals surface area contributed by atoms with Crippen LogP contribution in [0.15, 0.2) is 59.5 Å². The number of sulfonamides is 1. The van der Waals surface area contributed by atoms with Crippen LogP contribution in [0, 0.1) is 0 Å². The number of carbonyl (C=O) groups is 2. The Bertz CT molecular complexity index is 1470. The molecular formula is C27H30N2O10S. The van der Waals surface area contributed by atoms with E-state index in [2.05, 4.69) is 5.32 Å². The van der Waals surface area contributed by atoms with Crippen LogP contribution < -0.4 is 33.3 Å². The molecule has 0 aliphatic rings. The second-order valence-corrected chi connectivity index (χ2v) is 9.88. The molecule has 0 heterocycles. The minimum Gasteiger partial charge on any atom is -0.497 e. The Morgan fingerprint density at radius 1 is 0.725 bits per heavy atom. The number of nitrogens with zero attached hydrogens (tertiary/aromatic N) is 1. The van der Waals surface area contributed by atoms with Crippen LogP contribution in [-0.4, -0.2) is 69.5 Å². The number of amides is 1. The van der Waals surface area contributed by atoms with Gasteiger partial charge in [-0.15, -0.1) is 0 Å². The van der Waals surface area contributed by atoms with Crippen molar-refractivity contribution in [2.24, 2.45) is 0 Å². The van der Waals surface area contributed by atoms with E-state index in [0.29, 0.717) is 11.5 Å². The van der Waals surface area contributed by atoms with Gasteiger partial charge in [0.05, 0.1) is 64.5 Å². The molecule has 214 valence electrons. The van der Waals surface area contributed by atoms with E-state index >= 15 is 0 Å². The first-order valence-corrected chi connectivity index (χ1v) is 13.1. The van der Waals surface area contributed by atoms with Crippen LogP contribution in [0.3, 0.4) is 0 Å². The first kappa shape index (κ1) is 29.9. The van der Waals surface area contributed by atoms with Gasteiger partial charge in [0.15, 0.2) is 23.0 Å². The van der Waals surface area contributed by atoms with Crippen LogP contribution in [0.5, 0.6) is 28.7 Å².